The average Bonchev–Trinajstić information content (AvgIpc) is 2.70. The largest absolute Gasteiger partial charge is 0.283 e. The van der Waals surface area contributed by atoms with Gasteiger partial charge in [-0.15, -0.1) is 0 Å². The lowest BCUT2D eigenvalue weighted by molar-refractivity contribution is -0.141. The Morgan fingerprint density at radius 1 is 0.833 bits per heavy atom. The Kier molecular flexibility index (Phi) is 4.67. The summed E-state index contributed by atoms with van der Waals surface area (Å²) >= 11 is 0. The van der Waals surface area contributed by atoms with E-state index in [9.17, 15) is 0 Å². The summed E-state index contributed by atoms with van der Waals surface area (Å²) in [6, 6.07) is 6.32. The lowest BCUT2D eigenvalue weighted by atomic mass is 9.95. The summed E-state index contributed by atoms with van der Waals surface area (Å²) in [5.41, 5.74) is 0.867. The van der Waals surface area contributed by atoms with Gasteiger partial charge in [-0.3, -0.25) is 14.9 Å². The van der Waals surface area contributed by atoms with E-state index >= 15 is 0 Å². The van der Waals surface area contributed by atoms with E-state index in [1.807, 2.05) is 12.3 Å². The van der Waals surface area contributed by atoms with Crippen molar-refractivity contribution in [2.75, 3.05) is 26.2 Å². The lowest BCUT2D eigenvalue weighted by Crippen LogP contribution is -2.63. The van der Waals surface area contributed by atoms with Gasteiger partial charge in [0.1, 0.15) is 0 Å². The quantitative estimate of drug-likeness (QED) is 0.848. The predicted octanol–water partition coefficient (Wildman–Crippen LogP) is 3.51. The van der Waals surface area contributed by atoms with Crippen molar-refractivity contribution < 1.29 is 0 Å². The Balaban J connectivity index is 1.77. The zero-order chi connectivity index (χ0) is 16.2. The predicted molar refractivity (Wildman–Crippen MR) is 96.9 cm³/mol. The van der Waals surface area contributed by atoms with Crippen LogP contribution in [0.3, 0.4) is 0 Å². The van der Waals surface area contributed by atoms with Crippen LogP contribution >= 0.6 is 0 Å². The number of aromatic nitrogens is 1. The number of rotatable bonds is 3. The molecule has 3 aliphatic heterocycles. The molecule has 4 heterocycles. The third-order valence-corrected chi connectivity index (χ3v) is 5.53. The van der Waals surface area contributed by atoms with E-state index in [2.05, 4.69) is 51.5 Å². The van der Waals surface area contributed by atoms with Crippen LogP contribution in [0.1, 0.15) is 44.2 Å². The molecule has 4 nitrogen and oxygen atoms in total. The first kappa shape index (κ1) is 15.9. The number of allylic oxidation sites excluding steroid dienone is 2. The fourth-order valence-corrected chi connectivity index (χ4v) is 4.34. The first-order valence-electron chi connectivity index (χ1n) is 9.48. The summed E-state index contributed by atoms with van der Waals surface area (Å²) in [6.45, 7) is 4.55. The first-order valence-corrected chi connectivity index (χ1v) is 9.48. The van der Waals surface area contributed by atoms with Crippen LogP contribution in [0.4, 0.5) is 0 Å². The van der Waals surface area contributed by atoms with E-state index in [1.54, 1.807) is 0 Å². The number of piperidine rings is 2. The number of hydrogen-bond acceptors (Lipinski definition) is 4. The van der Waals surface area contributed by atoms with Crippen LogP contribution in [-0.4, -0.2) is 46.1 Å². The van der Waals surface area contributed by atoms with Gasteiger partial charge < -0.3 is 0 Å². The average molecular weight is 324 g/mol. The van der Waals surface area contributed by atoms with Crippen molar-refractivity contribution in [2.24, 2.45) is 0 Å². The zero-order valence-electron chi connectivity index (χ0n) is 14.5. The summed E-state index contributed by atoms with van der Waals surface area (Å²) in [7, 11) is 0. The van der Waals surface area contributed by atoms with Gasteiger partial charge in [-0.2, -0.15) is 0 Å². The number of nitrogens with zero attached hydrogens (tertiary/aromatic N) is 4. The van der Waals surface area contributed by atoms with Crippen molar-refractivity contribution in [2.45, 2.75) is 44.2 Å². The monoisotopic (exact) mass is 324 g/mol. The van der Waals surface area contributed by atoms with Gasteiger partial charge in [-0.25, -0.2) is 5.01 Å². The topological polar surface area (TPSA) is 22.6 Å². The van der Waals surface area contributed by atoms with Crippen molar-refractivity contribution in [1.29, 1.82) is 0 Å². The molecule has 1 aromatic heterocycles. The van der Waals surface area contributed by atoms with Gasteiger partial charge in [0.25, 0.3) is 0 Å². The highest BCUT2D eigenvalue weighted by Crippen LogP contribution is 2.39. The summed E-state index contributed by atoms with van der Waals surface area (Å²) in [5, 5.41) is 5.01. The first-order chi connectivity index (χ1) is 11.9. The molecule has 0 spiro atoms. The molecular weight excluding hydrogens is 296 g/mol. The number of hydrogen-bond donors (Lipinski definition) is 0. The van der Waals surface area contributed by atoms with Crippen molar-refractivity contribution in [3.8, 4) is 0 Å². The summed E-state index contributed by atoms with van der Waals surface area (Å²) in [5.74, 6) is 0. The van der Waals surface area contributed by atoms with Gasteiger partial charge in [0, 0.05) is 38.6 Å². The zero-order valence-corrected chi connectivity index (χ0v) is 14.5. The highest BCUT2D eigenvalue weighted by Gasteiger charge is 2.45. The summed E-state index contributed by atoms with van der Waals surface area (Å²) < 4.78 is 0. The molecule has 0 radical (unpaired) electrons. The summed E-state index contributed by atoms with van der Waals surface area (Å²) in [4.78, 5) is 7.43. The molecule has 1 atom stereocenters. The van der Waals surface area contributed by atoms with Crippen LogP contribution in [0.2, 0.25) is 0 Å². The van der Waals surface area contributed by atoms with Crippen molar-refractivity contribution in [1.82, 2.24) is 19.9 Å². The second kappa shape index (κ2) is 7.08. The molecule has 2 fully saturated rings. The Labute approximate surface area is 145 Å². The fourth-order valence-electron chi connectivity index (χ4n) is 4.34. The molecule has 4 heteroatoms. The number of likely N-dealkylation sites (tertiary alicyclic amines) is 1. The van der Waals surface area contributed by atoms with E-state index in [4.69, 9.17) is 4.98 Å². The molecule has 0 amide bonds. The minimum Gasteiger partial charge on any atom is -0.283 e. The van der Waals surface area contributed by atoms with Crippen LogP contribution in [0.25, 0.3) is 0 Å². The van der Waals surface area contributed by atoms with Crippen LogP contribution in [0.5, 0.6) is 0 Å². The normalized spacial score (nSPS) is 29.1. The molecule has 24 heavy (non-hydrogen) atoms. The van der Waals surface area contributed by atoms with Gasteiger partial charge in [0.05, 0.1) is 5.69 Å². The molecule has 0 aliphatic carbocycles. The second-order valence-electron chi connectivity index (χ2n) is 7.05. The van der Waals surface area contributed by atoms with Gasteiger partial charge >= 0.3 is 0 Å². The molecule has 4 rings (SSSR count). The standard InChI is InChI=1S/C20H28N4/c1-6-14-22(15-7-1)20(19-11-3-5-13-21-19)12-4-10-18-24(20)23-16-8-2-9-17-23/h3-5,10-13,18H,1-2,6-9,14-17H2. The van der Waals surface area contributed by atoms with Crippen molar-refractivity contribution in [3.63, 3.8) is 0 Å². The molecule has 0 aromatic carbocycles. The lowest BCUT2D eigenvalue weighted by Gasteiger charge is -2.54. The molecule has 2 saturated heterocycles. The highest BCUT2D eigenvalue weighted by molar-refractivity contribution is 5.29. The minimum absolute atomic E-state index is 0.270. The Morgan fingerprint density at radius 2 is 1.58 bits per heavy atom. The third-order valence-electron chi connectivity index (χ3n) is 5.53. The SMILES string of the molecule is C1=CN(N2CCCCC2)C(c2ccccn2)(N2CCCCC2)C=C1. The maximum atomic E-state index is 4.80. The van der Waals surface area contributed by atoms with Crippen LogP contribution in [0, 0.1) is 0 Å². The van der Waals surface area contributed by atoms with Gasteiger partial charge in [0.15, 0.2) is 5.66 Å². The fraction of sp³-hybridized carbons (Fsp3) is 0.550. The smallest absolute Gasteiger partial charge is 0.170 e. The van der Waals surface area contributed by atoms with Gasteiger partial charge in [-0.05, 0) is 50.0 Å². The molecule has 0 bridgehead atoms. The molecule has 1 unspecified atom stereocenters. The van der Waals surface area contributed by atoms with Crippen LogP contribution in [0.15, 0.2) is 48.8 Å². The van der Waals surface area contributed by atoms with Gasteiger partial charge in [0.2, 0.25) is 0 Å². The number of hydrazine groups is 1. The number of pyridine rings is 1. The Morgan fingerprint density at radius 3 is 2.29 bits per heavy atom. The molecule has 0 N–H and O–H groups in total. The maximum absolute atomic E-state index is 4.80. The second-order valence-corrected chi connectivity index (χ2v) is 7.05. The highest BCUT2D eigenvalue weighted by atomic mass is 15.7. The molecule has 1 aromatic rings. The van der Waals surface area contributed by atoms with E-state index < -0.39 is 0 Å². The van der Waals surface area contributed by atoms with E-state index in [-0.39, 0.29) is 5.66 Å². The van der Waals surface area contributed by atoms with Crippen molar-refractivity contribution >= 4 is 0 Å². The molecule has 128 valence electrons. The third kappa shape index (κ3) is 2.78. The Hall–Kier alpha value is -1.65. The van der Waals surface area contributed by atoms with Crippen LogP contribution < -0.4 is 0 Å². The molecular formula is C20H28N4. The van der Waals surface area contributed by atoms with Gasteiger partial charge in [-0.1, -0.05) is 25.0 Å². The van der Waals surface area contributed by atoms with E-state index in [0.717, 1.165) is 31.9 Å². The van der Waals surface area contributed by atoms with E-state index in [0.29, 0.717) is 0 Å². The van der Waals surface area contributed by atoms with E-state index in [1.165, 1.54) is 38.5 Å². The summed E-state index contributed by atoms with van der Waals surface area (Å²) in [6.07, 6.45) is 18.7. The van der Waals surface area contributed by atoms with Crippen molar-refractivity contribution in [3.05, 3.63) is 54.5 Å². The molecule has 3 aliphatic rings. The maximum Gasteiger partial charge on any atom is 0.170 e. The molecule has 0 saturated carbocycles. The minimum atomic E-state index is -0.270. The van der Waals surface area contributed by atoms with Crippen LogP contribution in [-0.2, 0) is 5.66 Å². The Bertz CT molecular complexity index is 585.